The minimum Gasteiger partial charge on any atom is -0.466 e. The quantitative estimate of drug-likeness (QED) is 0.812. The maximum atomic E-state index is 12.1. The molecule has 128 valence electrons. The Labute approximate surface area is 143 Å². The number of rotatable bonds is 6. The number of carbonyl (C=O) groups excluding carboxylic acids is 1. The monoisotopic (exact) mass is 327 g/mol. The largest absolute Gasteiger partial charge is 0.466 e. The van der Waals surface area contributed by atoms with E-state index in [0.29, 0.717) is 24.5 Å². The number of ether oxygens (including phenoxy) is 1. The van der Waals surface area contributed by atoms with E-state index >= 15 is 0 Å². The van der Waals surface area contributed by atoms with Gasteiger partial charge < -0.3 is 14.5 Å². The summed E-state index contributed by atoms with van der Waals surface area (Å²) in [6.07, 6.45) is 4.41. The fourth-order valence-electron chi connectivity index (χ4n) is 3.33. The van der Waals surface area contributed by atoms with E-state index in [9.17, 15) is 4.79 Å². The van der Waals surface area contributed by atoms with Gasteiger partial charge in [-0.3, -0.25) is 4.79 Å². The van der Waals surface area contributed by atoms with Gasteiger partial charge in [-0.25, -0.2) is 0 Å². The summed E-state index contributed by atoms with van der Waals surface area (Å²) in [7, 11) is 0. The number of benzene rings is 1. The lowest BCUT2D eigenvalue weighted by molar-refractivity contribution is 0.0393. The summed E-state index contributed by atoms with van der Waals surface area (Å²) in [6, 6.07) is 10.3. The Kier molecular flexibility index (Phi) is 5.36. The summed E-state index contributed by atoms with van der Waals surface area (Å²) < 4.78 is 11.4. The summed E-state index contributed by atoms with van der Waals surface area (Å²) in [4.78, 5) is 12.1. The summed E-state index contributed by atoms with van der Waals surface area (Å²) in [5.74, 6) is 1.35. The third-order valence-electron chi connectivity index (χ3n) is 4.53. The number of aryl methyl sites for hydroxylation is 3. The topological polar surface area (TPSA) is 51.5 Å². The first-order valence-corrected chi connectivity index (χ1v) is 8.70. The van der Waals surface area contributed by atoms with E-state index < -0.39 is 0 Å². The van der Waals surface area contributed by atoms with Crippen LogP contribution in [0.25, 0.3) is 0 Å². The van der Waals surface area contributed by atoms with Crippen LogP contribution in [0, 0.1) is 13.8 Å². The number of hydrogen-bond acceptors (Lipinski definition) is 3. The molecule has 2 aromatic rings. The van der Waals surface area contributed by atoms with Crippen LogP contribution in [0.4, 0.5) is 0 Å². The molecule has 24 heavy (non-hydrogen) atoms. The van der Waals surface area contributed by atoms with Gasteiger partial charge in [0.15, 0.2) is 0 Å². The van der Waals surface area contributed by atoms with E-state index in [1.54, 1.807) is 6.07 Å². The number of hydrogen-bond donors (Lipinski definition) is 1. The molecule has 1 heterocycles. The normalized spacial score (nSPS) is 16.7. The lowest BCUT2D eigenvalue weighted by Crippen LogP contribution is -2.25. The molecule has 0 saturated carbocycles. The first-order valence-electron chi connectivity index (χ1n) is 8.70. The summed E-state index contributed by atoms with van der Waals surface area (Å²) in [5, 5.41) is 2.93. The smallest absolute Gasteiger partial charge is 0.254 e. The van der Waals surface area contributed by atoms with Crippen molar-refractivity contribution in [1.29, 1.82) is 0 Å². The van der Waals surface area contributed by atoms with Gasteiger partial charge in [-0.1, -0.05) is 24.3 Å². The Morgan fingerprint density at radius 3 is 2.96 bits per heavy atom. The van der Waals surface area contributed by atoms with Crippen molar-refractivity contribution in [2.75, 3.05) is 13.2 Å². The molecule has 1 aromatic carbocycles. The Bertz CT molecular complexity index is 705. The molecule has 0 spiro atoms. The van der Waals surface area contributed by atoms with Gasteiger partial charge in [-0.15, -0.1) is 0 Å². The number of carbonyl (C=O) groups is 1. The maximum absolute atomic E-state index is 12.1. The highest BCUT2D eigenvalue weighted by Gasteiger charge is 2.20. The van der Waals surface area contributed by atoms with Gasteiger partial charge in [-0.2, -0.15) is 0 Å². The Balaban J connectivity index is 1.42. The molecule has 0 radical (unpaired) electrons. The molecule has 1 amide bonds. The van der Waals surface area contributed by atoms with Crippen molar-refractivity contribution < 1.29 is 13.9 Å². The first-order chi connectivity index (χ1) is 11.6. The van der Waals surface area contributed by atoms with Crippen LogP contribution in [0.1, 0.15) is 58.4 Å². The van der Waals surface area contributed by atoms with Crippen LogP contribution in [-0.2, 0) is 11.2 Å². The van der Waals surface area contributed by atoms with Crippen LogP contribution in [-0.4, -0.2) is 19.1 Å². The van der Waals surface area contributed by atoms with E-state index in [2.05, 4.69) is 29.6 Å². The van der Waals surface area contributed by atoms with Crippen LogP contribution < -0.4 is 5.32 Å². The summed E-state index contributed by atoms with van der Waals surface area (Å²) in [6.45, 7) is 4.92. The van der Waals surface area contributed by atoms with Gasteiger partial charge in [0.05, 0.1) is 11.7 Å². The van der Waals surface area contributed by atoms with Crippen molar-refractivity contribution in [1.82, 2.24) is 5.32 Å². The fraction of sp³-hybridized carbons (Fsp3) is 0.450. The number of fused-ring (bicyclic) bond motifs is 1. The molecule has 1 N–H and O–H groups in total. The average Bonchev–Trinajstić information content (AvgIpc) is 2.93. The Hall–Kier alpha value is -2.07. The second-order valence-corrected chi connectivity index (χ2v) is 6.39. The van der Waals surface area contributed by atoms with Gasteiger partial charge in [0.25, 0.3) is 5.91 Å². The van der Waals surface area contributed by atoms with Gasteiger partial charge in [0, 0.05) is 13.2 Å². The van der Waals surface area contributed by atoms with Crippen LogP contribution in [0.3, 0.4) is 0 Å². The zero-order valence-electron chi connectivity index (χ0n) is 14.4. The summed E-state index contributed by atoms with van der Waals surface area (Å²) >= 11 is 0. The van der Waals surface area contributed by atoms with Crippen LogP contribution in [0.5, 0.6) is 0 Å². The van der Waals surface area contributed by atoms with Gasteiger partial charge in [0.2, 0.25) is 0 Å². The van der Waals surface area contributed by atoms with E-state index in [4.69, 9.17) is 9.15 Å². The number of nitrogens with one attached hydrogen (secondary N) is 1. The molecule has 0 bridgehead atoms. The third kappa shape index (κ3) is 3.88. The van der Waals surface area contributed by atoms with E-state index in [1.165, 1.54) is 17.5 Å². The van der Waals surface area contributed by atoms with Crippen LogP contribution in [0.2, 0.25) is 0 Å². The predicted octanol–water partition coefficient (Wildman–Crippen LogP) is 4.11. The third-order valence-corrected chi connectivity index (χ3v) is 4.53. The zero-order chi connectivity index (χ0) is 16.9. The molecule has 1 atom stereocenters. The van der Waals surface area contributed by atoms with E-state index in [-0.39, 0.29) is 12.0 Å². The second kappa shape index (κ2) is 7.67. The average molecular weight is 327 g/mol. The molecular formula is C20H25NO3. The highest BCUT2D eigenvalue weighted by Crippen LogP contribution is 2.32. The second-order valence-electron chi connectivity index (χ2n) is 6.39. The maximum Gasteiger partial charge on any atom is 0.254 e. The van der Waals surface area contributed by atoms with Crippen molar-refractivity contribution in [2.24, 2.45) is 0 Å². The predicted molar refractivity (Wildman–Crippen MR) is 93.2 cm³/mol. The van der Waals surface area contributed by atoms with Gasteiger partial charge in [0.1, 0.15) is 11.5 Å². The highest BCUT2D eigenvalue weighted by molar-refractivity contribution is 5.95. The molecule has 1 aliphatic rings. The van der Waals surface area contributed by atoms with Crippen molar-refractivity contribution in [3.63, 3.8) is 0 Å². The molecule has 0 saturated heterocycles. The summed E-state index contributed by atoms with van der Waals surface area (Å²) in [5.41, 5.74) is 3.36. The molecule has 0 aliphatic heterocycles. The fourth-order valence-corrected chi connectivity index (χ4v) is 3.33. The molecule has 1 aliphatic carbocycles. The van der Waals surface area contributed by atoms with Crippen molar-refractivity contribution >= 4 is 5.91 Å². The van der Waals surface area contributed by atoms with Gasteiger partial charge >= 0.3 is 0 Å². The Morgan fingerprint density at radius 1 is 1.33 bits per heavy atom. The highest BCUT2D eigenvalue weighted by atomic mass is 16.5. The lowest BCUT2D eigenvalue weighted by atomic mass is 9.89. The Morgan fingerprint density at radius 2 is 2.17 bits per heavy atom. The van der Waals surface area contributed by atoms with E-state index in [0.717, 1.165) is 25.0 Å². The van der Waals surface area contributed by atoms with Gasteiger partial charge in [-0.05, 0) is 56.7 Å². The molecule has 1 aromatic heterocycles. The minimum absolute atomic E-state index is 0.0765. The molecule has 0 fully saturated rings. The van der Waals surface area contributed by atoms with Crippen LogP contribution >= 0.6 is 0 Å². The standard InChI is InChI=1S/C20H25NO3/c1-14-13-18(15(2)24-14)20(22)21-11-6-12-23-19-10-5-8-16-7-3-4-9-17(16)19/h3-4,7,9,13,19H,5-6,8,10-12H2,1-2H3,(H,21,22). The number of furan rings is 1. The molecular weight excluding hydrogens is 302 g/mol. The minimum atomic E-state index is -0.0765. The molecule has 4 nitrogen and oxygen atoms in total. The number of amides is 1. The van der Waals surface area contributed by atoms with Crippen LogP contribution in [0.15, 0.2) is 34.7 Å². The van der Waals surface area contributed by atoms with E-state index in [1.807, 2.05) is 13.8 Å². The first kappa shape index (κ1) is 16.8. The van der Waals surface area contributed by atoms with Crippen molar-refractivity contribution in [2.45, 2.75) is 45.6 Å². The van der Waals surface area contributed by atoms with Crippen molar-refractivity contribution in [3.8, 4) is 0 Å². The molecule has 4 heteroatoms. The van der Waals surface area contributed by atoms with Crippen molar-refractivity contribution in [3.05, 3.63) is 58.5 Å². The zero-order valence-corrected chi connectivity index (χ0v) is 14.4. The molecule has 1 unspecified atom stereocenters. The lowest BCUT2D eigenvalue weighted by Gasteiger charge is -2.25. The SMILES string of the molecule is Cc1cc(C(=O)NCCCOC2CCCc3ccccc32)c(C)o1. The molecule has 3 rings (SSSR count).